The third kappa shape index (κ3) is 5.29. The molecular formula is C14H22N2O2. The Kier molecular flexibility index (Phi) is 6.39. The van der Waals surface area contributed by atoms with Crippen molar-refractivity contribution in [1.82, 2.24) is 0 Å². The number of nitrogens with two attached hydrogens (primary N) is 1. The van der Waals surface area contributed by atoms with Gasteiger partial charge in [-0.2, -0.15) is 0 Å². The highest BCUT2D eigenvalue weighted by Crippen LogP contribution is 2.15. The quantitative estimate of drug-likeness (QED) is 0.731. The first-order valence-corrected chi connectivity index (χ1v) is 6.36. The molecule has 0 spiro atoms. The number of nitrogens with one attached hydrogen (secondary N) is 1. The summed E-state index contributed by atoms with van der Waals surface area (Å²) in [6.07, 6.45) is 1.35. The summed E-state index contributed by atoms with van der Waals surface area (Å²) in [5.74, 6) is -0.0343. The summed E-state index contributed by atoms with van der Waals surface area (Å²) in [7, 11) is 0. The Bertz CT molecular complexity index is 378. The molecule has 0 fully saturated rings. The van der Waals surface area contributed by atoms with Crippen molar-refractivity contribution in [2.24, 2.45) is 5.73 Å². The number of rotatable bonds is 7. The molecule has 0 saturated carbocycles. The van der Waals surface area contributed by atoms with Gasteiger partial charge in [-0.3, -0.25) is 4.79 Å². The summed E-state index contributed by atoms with van der Waals surface area (Å²) in [5, 5.41) is 2.84. The van der Waals surface area contributed by atoms with Crippen LogP contribution in [-0.2, 0) is 9.53 Å². The van der Waals surface area contributed by atoms with E-state index in [-0.39, 0.29) is 11.9 Å². The molecule has 0 bridgehead atoms. The molecule has 0 radical (unpaired) electrons. The molecule has 1 aromatic rings. The van der Waals surface area contributed by atoms with Gasteiger partial charge in [-0.15, -0.1) is 0 Å². The second-order valence-electron chi connectivity index (χ2n) is 4.32. The van der Waals surface area contributed by atoms with E-state index in [1.54, 1.807) is 0 Å². The molecule has 3 N–H and O–H groups in total. The van der Waals surface area contributed by atoms with Crippen LogP contribution in [0.4, 0.5) is 5.69 Å². The second-order valence-corrected chi connectivity index (χ2v) is 4.32. The summed E-state index contributed by atoms with van der Waals surface area (Å²) in [6.45, 7) is 5.12. The zero-order valence-corrected chi connectivity index (χ0v) is 11.1. The summed E-state index contributed by atoms with van der Waals surface area (Å²) in [5.41, 5.74) is 7.59. The van der Waals surface area contributed by atoms with E-state index >= 15 is 0 Å². The maximum atomic E-state index is 11.6. The monoisotopic (exact) mass is 250 g/mol. The molecule has 0 saturated heterocycles. The molecule has 0 heterocycles. The fourth-order valence-electron chi connectivity index (χ4n) is 1.53. The van der Waals surface area contributed by atoms with E-state index in [0.29, 0.717) is 19.6 Å². The lowest BCUT2D eigenvalue weighted by molar-refractivity contribution is -0.117. The molecule has 4 heteroatoms. The number of hydrogen-bond acceptors (Lipinski definition) is 3. The highest BCUT2D eigenvalue weighted by molar-refractivity contribution is 5.90. The third-order valence-corrected chi connectivity index (χ3v) is 2.52. The van der Waals surface area contributed by atoms with E-state index in [9.17, 15) is 4.79 Å². The summed E-state index contributed by atoms with van der Waals surface area (Å²) < 4.78 is 5.27. The van der Waals surface area contributed by atoms with Crippen LogP contribution in [0.15, 0.2) is 24.3 Å². The Balaban J connectivity index is 2.41. The zero-order chi connectivity index (χ0) is 13.4. The smallest absolute Gasteiger partial charge is 0.226 e. The molecule has 0 aromatic heterocycles. The average molecular weight is 250 g/mol. The van der Waals surface area contributed by atoms with Crippen LogP contribution in [0.5, 0.6) is 0 Å². The fourth-order valence-corrected chi connectivity index (χ4v) is 1.53. The lowest BCUT2D eigenvalue weighted by Crippen LogP contribution is -2.15. The Morgan fingerprint density at radius 2 is 2.22 bits per heavy atom. The van der Waals surface area contributed by atoms with E-state index < -0.39 is 0 Å². The molecule has 1 amide bonds. The zero-order valence-electron chi connectivity index (χ0n) is 11.1. The van der Waals surface area contributed by atoms with Gasteiger partial charge in [-0.1, -0.05) is 19.1 Å². The standard InChI is InChI=1S/C14H22N2O2/c1-3-8-18-9-7-14(17)16-13-6-4-5-12(10-13)11(2)15/h4-6,10-11H,3,7-9,15H2,1-2H3,(H,16,17). The first-order valence-electron chi connectivity index (χ1n) is 6.36. The molecule has 1 rings (SSSR count). The van der Waals surface area contributed by atoms with E-state index in [1.807, 2.05) is 38.1 Å². The molecule has 100 valence electrons. The molecule has 1 unspecified atom stereocenters. The molecule has 18 heavy (non-hydrogen) atoms. The van der Waals surface area contributed by atoms with E-state index in [1.165, 1.54) is 0 Å². The number of anilines is 1. The average Bonchev–Trinajstić information content (AvgIpc) is 2.35. The van der Waals surface area contributed by atoms with Crippen molar-refractivity contribution < 1.29 is 9.53 Å². The predicted octanol–water partition coefficient (Wildman–Crippen LogP) is 2.46. The van der Waals surface area contributed by atoms with Crippen molar-refractivity contribution in [3.8, 4) is 0 Å². The molecule has 1 aromatic carbocycles. The second kappa shape index (κ2) is 7.84. The Hall–Kier alpha value is -1.39. The minimum atomic E-state index is -0.0343. The molecule has 0 aliphatic carbocycles. The van der Waals surface area contributed by atoms with Crippen LogP contribution in [0.2, 0.25) is 0 Å². The third-order valence-electron chi connectivity index (χ3n) is 2.52. The van der Waals surface area contributed by atoms with E-state index in [2.05, 4.69) is 5.32 Å². The van der Waals surface area contributed by atoms with Gasteiger partial charge in [0.1, 0.15) is 0 Å². The number of carbonyl (C=O) groups excluding carboxylic acids is 1. The molecule has 4 nitrogen and oxygen atoms in total. The minimum Gasteiger partial charge on any atom is -0.381 e. The van der Waals surface area contributed by atoms with Crippen molar-refractivity contribution in [1.29, 1.82) is 0 Å². The van der Waals surface area contributed by atoms with Crippen molar-refractivity contribution in [2.75, 3.05) is 18.5 Å². The van der Waals surface area contributed by atoms with Crippen LogP contribution in [0, 0.1) is 0 Å². The van der Waals surface area contributed by atoms with Crippen LogP contribution in [-0.4, -0.2) is 19.1 Å². The maximum absolute atomic E-state index is 11.6. The Morgan fingerprint density at radius 3 is 2.89 bits per heavy atom. The van der Waals surface area contributed by atoms with E-state index in [0.717, 1.165) is 17.7 Å². The normalized spacial score (nSPS) is 12.2. The Morgan fingerprint density at radius 1 is 1.44 bits per heavy atom. The largest absolute Gasteiger partial charge is 0.381 e. The molecule has 0 aliphatic heterocycles. The van der Waals surface area contributed by atoms with Crippen molar-refractivity contribution in [3.63, 3.8) is 0 Å². The highest BCUT2D eigenvalue weighted by atomic mass is 16.5. The van der Waals surface area contributed by atoms with Gasteiger partial charge in [0.05, 0.1) is 13.0 Å². The number of ether oxygens (including phenoxy) is 1. The van der Waals surface area contributed by atoms with Crippen molar-refractivity contribution >= 4 is 11.6 Å². The van der Waals surface area contributed by atoms with Gasteiger partial charge >= 0.3 is 0 Å². The number of hydrogen-bond donors (Lipinski definition) is 2. The van der Waals surface area contributed by atoms with Gasteiger partial charge < -0.3 is 15.8 Å². The van der Waals surface area contributed by atoms with Gasteiger partial charge in [0.2, 0.25) is 5.91 Å². The van der Waals surface area contributed by atoms with Crippen LogP contribution in [0.3, 0.4) is 0 Å². The fraction of sp³-hybridized carbons (Fsp3) is 0.500. The Labute approximate surface area is 109 Å². The molecular weight excluding hydrogens is 228 g/mol. The van der Waals surface area contributed by atoms with Crippen LogP contribution in [0.25, 0.3) is 0 Å². The van der Waals surface area contributed by atoms with Crippen molar-refractivity contribution in [3.05, 3.63) is 29.8 Å². The topological polar surface area (TPSA) is 64.3 Å². The van der Waals surface area contributed by atoms with Gasteiger partial charge in [0.15, 0.2) is 0 Å². The first-order chi connectivity index (χ1) is 8.63. The summed E-state index contributed by atoms with van der Waals surface area (Å²) in [6, 6.07) is 7.56. The van der Waals surface area contributed by atoms with Gasteiger partial charge in [-0.05, 0) is 31.0 Å². The minimum absolute atomic E-state index is 0.0326. The van der Waals surface area contributed by atoms with Crippen LogP contribution < -0.4 is 11.1 Å². The number of carbonyl (C=O) groups is 1. The van der Waals surface area contributed by atoms with E-state index in [4.69, 9.17) is 10.5 Å². The predicted molar refractivity (Wildman–Crippen MR) is 73.4 cm³/mol. The van der Waals surface area contributed by atoms with Gasteiger partial charge in [0.25, 0.3) is 0 Å². The van der Waals surface area contributed by atoms with Gasteiger partial charge in [0, 0.05) is 18.3 Å². The lowest BCUT2D eigenvalue weighted by Gasteiger charge is -2.09. The SMILES string of the molecule is CCCOCCC(=O)Nc1cccc(C(C)N)c1. The number of amides is 1. The molecule has 0 aliphatic rings. The number of benzene rings is 1. The van der Waals surface area contributed by atoms with Crippen molar-refractivity contribution in [2.45, 2.75) is 32.7 Å². The maximum Gasteiger partial charge on any atom is 0.226 e. The summed E-state index contributed by atoms with van der Waals surface area (Å²) in [4.78, 5) is 11.6. The highest BCUT2D eigenvalue weighted by Gasteiger charge is 2.04. The summed E-state index contributed by atoms with van der Waals surface area (Å²) >= 11 is 0. The first kappa shape index (κ1) is 14.7. The van der Waals surface area contributed by atoms with Gasteiger partial charge in [-0.25, -0.2) is 0 Å². The van der Waals surface area contributed by atoms with Crippen LogP contribution >= 0.6 is 0 Å². The molecule has 1 atom stereocenters. The lowest BCUT2D eigenvalue weighted by atomic mass is 10.1. The van der Waals surface area contributed by atoms with Crippen LogP contribution in [0.1, 0.15) is 38.3 Å².